The van der Waals surface area contributed by atoms with Gasteiger partial charge in [0.25, 0.3) is 0 Å². The van der Waals surface area contributed by atoms with Crippen LogP contribution in [0.3, 0.4) is 0 Å². The number of aryl methyl sites for hydroxylation is 2. The van der Waals surface area contributed by atoms with Crippen LogP contribution in [-0.2, 0) is 11.2 Å². The molecular formula is C21H23BrFNO2. The summed E-state index contributed by atoms with van der Waals surface area (Å²) < 4.78 is 21.0. The molecule has 0 saturated heterocycles. The van der Waals surface area contributed by atoms with Crippen LogP contribution in [0.2, 0.25) is 0 Å². The number of ether oxygens (including phenoxy) is 1. The van der Waals surface area contributed by atoms with E-state index in [1.54, 1.807) is 23.1 Å². The van der Waals surface area contributed by atoms with Crippen LogP contribution in [-0.4, -0.2) is 11.7 Å². The third kappa shape index (κ3) is 3.78. The van der Waals surface area contributed by atoms with Crippen molar-refractivity contribution in [2.24, 2.45) is 0 Å². The summed E-state index contributed by atoms with van der Waals surface area (Å²) in [5, 5.41) is 0. The first kappa shape index (κ1) is 18.9. The van der Waals surface area contributed by atoms with Gasteiger partial charge in [-0.15, -0.1) is 0 Å². The number of hydrogen-bond acceptors (Lipinski definition) is 2. The Labute approximate surface area is 162 Å². The Morgan fingerprint density at radius 3 is 2.62 bits per heavy atom. The average molecular weight is 420 g/mol. The highest BCUT2D eigenvalue weighted by atomic mass is 79.9. The zero-order valence-corrected chi connectivity index (χ0v) is 17.1. The van der Waals surface area contributed by atoms with Crippen molar-refractivity contribution in [3.63, 3.8) is 0 Å². The molecule has 0 radical (unpaired) electrons. The Morgan fingerprint density at radius 1 is 1.27 bits per heavy atom. The zero-order valence-electron chi connectivity index (χ0n) is 15.5. The lowest BCUT2D eigenvalue weighted by Gasteiger charge is -2.38. The van der Waals surface area contributed by atoms with Gasteiger partial charge in [0.05, 0.1) is 11.7 Å². The fraction of sp³-hybridized carbons (Fsp3) is 0.381. The van der Waals surface area contributed by atoms with Gasteiger partial charge in [-0.05, 0) is 63.8 Å². The van der Waals surface area contributed by atoms with Crippen molar-refractivity contribution in [2.45, 2.75) is 52.2 Å². The third-order valence-corrected chi connectivity index (χ3v) is 5.33. The molecule has 1 aliphatic heterocycles. The Bertz CT molecular complexity index is 844. The maximum atomic E-state index is 14.5. The van der Waals surface area contributed by atoms with E-state index < -0.39 is 17.7 Å². The van der Waals surface area contributed by atoms with Gasteiger partial charge in [-0.25, -0.2) is 9.18 Å². The minimum Gasteiger partial charge on any atom is -0.443 e. The normalized spacial score (nSPS) is 17.0. The van der Waals surface area contributed by atoms with E-state index in [1.165, 1.54) is 6.07 Å². The van der Waals surface area contributed by atoms with E-state index in [4.69, 9.17) is 4.74 Å². The quantitative estimate of drug-likeness (QED) is 0.540. The molecular weight excluding hydrogens is 397 g/mol. The van der Waals surface area contributed by atoms with Crippen LogP contribution in [0.15, 0.2) is 40.9 Å². The first-order valence-corrected chi connectivity index (χ1v) is 9.52. The van der Waals surface area contributed by atoms with Crippen LogP contribution in [0.5, 0.6) is 0 Å². The standard InChI is InChI=1S/C21H23BrFNO2/c1-13-11-14-9-10-18(15-7-5-6-8-17(15)23)24(19(14)12-16(13)22)20(25)26-21(2,3)4/h5-8,11-12,18H,9-10H2,1-4H3. The molecule has 0 aromatic heterocycles. The van der Waals surface area contributed by atoms with Gasteiger partial charge in [-0.3, -0.25) is 4.90 Å². The van der Waals surface area contributed by atoms with Gasteiger partial charge < -0.3 is 4.74 Å². The van der Waals surface area contributed by atoms with Crippen molar-refractivity contribution >= 4 is 27.7 Å². The second-order valence-electron chi connectivity index (χ2n) is 7.66. The minimum absolute atomic E-state index is 0.305. The molecule has 1 unspecified atom stereocenters. The average Bonchev–Trinajstić information content (AvgIpc) is 2.54. The lowest BCUT2D eigenvalue weighted by Crippen LogP contribution is -2.42. The Balaban J connectivity index is 2.11. The Hall–Kier alpha value is -1.88. The van der Waals surface area contributed by atoms with E-state index in [9.17, 15) is 9.18 Å². The van der Waals surface area contributed by atoms with E-state index in [-0.39, 0.29) is 5.82 Å². The zero-order chi connectivity index (χ0) is 19.1. The second-order valence-corrected chi connectivity index (χ2v) is 8.51. The van der Waals surface area contributed by atoms with Crippen molar-refractivity contribution in [3.8, 4) is 0 Å². The molecule has 0 N–H and O–H groups in total. The molecule has 3 rings (SSSR count). The molecule has 2 aromatic rings. The summed E-state index contributed by atoms with van der Waals surface area (Å²) in [6.07, 6.45) is 0.971. The molecule has 5 heteroatoms. The van der Waals surface area contributed by atoms with Crippen molar-refractivity contribution in [2.75, 3.05) is 4.90 Å². The van der Waals surface area contributed by atoms with Crippen LogP contribution < -0.4 is 4.90 Å². The van der Waals surface area contributed by atoms with E-state index in [0.717, 1.165) is 27.7 Å². The molecule has 2 aromatic carbocycles. The molecule has 26 heavy (non-hydrogen) atoms. The largest absolute Gasteiger partial charge is 0.443 e. The number of carbonyl (C=O) groups excluding carboxylic acids is 1. The molecule has 138 valence electrons. The van der Waals surface area contributed by atoms with Gasteiger partial charge in [0, 0.05) is 10.0 Å². The van der Waals surface area contributed by atoms with E-state index in [0.29, 0.717) is 12.0 Å². The van der Waals surface area contributed by atoms with Gasteiger partial charge in [0.2, 0.25) is 0 Å². The van der Waals surface area contributed by atoms with Crippen molar-refractivity contribution in [3.05, 3.63) is 63.4 Å². The Morgan fingerprint density at radius 2 is 1.96 bits per heavy atom. The summed E-state index contributed by atoms with van der Waals surface area (Å²) in [7, 11) is 0. The summed E-state index contributed by atoms with van der Waals surface area (Å²) in [5.41, 5.74) is 2.84. The van der Waals surface area contributed by atoms with Crippen LogP contribution in [0.25, 0.3) is 0 Å². The molecule has 1 atom stereocenters. The van der Waals surface area contributed by atoms with Crippen LogP contribution >= 0.6 is 15.9 Å². The number of halogens is 2. The van der Waals surface area contributed by atoms with Gasteiger partial charge in [0.1, 0.15) is 11.4 Å². The van der Waals surface area contributed by atoms with Gasteiger partial charge >= 0.3 is 6.09 Å². The van der Waals surface area contributed by atoms with Gasteiger partial charge in [0.15, 0.2) is 0 Å². The summed E-state index contributed by atoms with van der Waals surface area (Å²) in [6, 6.07) is 10.2. The highest BCUT2D eigenvalue weighted by Crippen LogP contribution is 2.42. The molecule has 1 amide bonds. The fourth-order valence-electron chi connectivity index (χ4n) is 3.32. The second kappa shape index (κ2) is 7.03. The summed E-state index contributed by atoms with van der Waals surface area (Å²) in [6.45, 7) is 7.52. The molecule has 1 aliphatic rings. The smallest absolute Gasteiger partial charge is 0.415 e. The maximum Gasteiger partial charge on any atom is 0.415 e. The number of hydrogen-bond donors (Lipinski definition) is 0. The van der Waals surface area contributed by atoms with Crippen molar-refractivity contribution in [1.29, 1.82) is 0 Å². The highest BCUT2D eigenvalue weighted by Gasteiger charge is 2.36. The SMILES string of the molecule is Cc1cc2c(cc1Br)N(C(=O)OC(C)(C)C)C(c1ccccc1F)CC2. The predicted octanol–water partition coefficient (Wildman–Crippen LogP) is 6.33. The number of nitrogens with zero attached hydrogens (tertiary/aromatic N) is 1. The Kier molecular flexibility index (Phi) is 5.11. The van der Waals surface area contributed by atoms with Crippen LogP contribution in [0.1, 0.15) is 49.9 Å². The number of fused-ring (bicyclic) bond motifs is 1. The molecule has 3 nitrogen and oxygen atoms in total. The lowest BCUT2D eigenvalue weighted by molar-refractivity contribution is 0.0559. The van der Waals surface area contributed by atoms with Crippen molar-refractivity contribution < 1.29 is 13.9 Å². The highest BCUT2D eigenvalue weighted by molar-refractivity contribution is 9.10. The van der Waals surface area contributed by atoms with E-state index in [1.807, 2.05) is 33.8 Å². The molecule has 1 heterocycles. The topological polar surface area (TPSA) is 29.5 Å². The first-order valence-electron chi connectivity index (χ1n) is 8.73. The molecule has 0 bridgehead atoms. The number of carbonyl (C=O) groups is 1. The minimum atomic E-state index is -0.629. The third-order valence-electron chi connectivity index (χ3n) is 4.47. The van der Waals surface area contributed by atoms with Crippen LogP contribution in [0, 0.1) is 12.7 Å². The van der Waals surface area contributed by atoms with E-state index in [2.05, 4.69) is 22.0 Å². The lowest BCUT2D eigenvalue weighted by atomic mass is 9.90. The number of rotatable bonds is 1. The molecule has 0 fully saturated rings. The number of amides is 1. The molecule has 0 saturated carbocycles. The molecule has 0 aliphatic carbocycles. The first-order chi connectivity index (χ1) is 12.2. The number of anilines is 1. The van der Waals surface area contributed by atoms with Crippen LogP contribution in [0.4, 0.5) is 14.9 Å². The van der Waals surface area contributed by atoms with Gasteiger partial charge in [-0.1, -0.05) is 40.2 Å². The van der Waals surface area contributed by atoms with Gasteiger partial charge in [-0.2, -0.15) is 0 Å². The summed E-state index contributed by atoms with van der Waals surface area (Å²) in [4.78, 5) is 14.6. The summed E-state index contributed by atoms with van der Waals surface area (Å²) in [5.74, 6) is -0.305. The van der Waals surface area contributed by atoms with E-state index >= 15 is 0 Å². The summed E-state index contributed by atoms with van der Waals surface area (Å²) >= 11 is 3.55. The number of benzene rings is 2. The molecule has 0 spiro atoms. The maximum absolute atomic E-state index is 14.5. The predicted molar refractivity (Wildman–Crippen MR) is 105 cm³/mol. The fourth-order valence-corrected chi connectivity index (χ4v) is 3.65. The van der Waals surface area contributed by atoms with Crippen molar-refractivity contribution in [1.82, 2.24) is 0 Å². The monoisotopic (exact) mass is 419 g/mol.